The van der Waals surface area contributed by atoms with E-state index in [-0.39, 0.29) is 17.6 Å². The van der Waals surface area contributed by atoms with Crippen molar-refractivity contribution < 1.29 is 9.13 Å². The highest BCUT2D eigenvalue weighted by molar-refractivity contribution is 14.1. The minimum atomic E-state index is -0.330. The first kappa shape index (κ1) is 16.2. The molecule has 2 nitrogen and oxygen atoms in total. The average Bonchev–Trinajstić information content (AvgIpc) is 2.49. The number of halogens is 2. The zero-order chi connectivity index (χ0) is 15.2. The molecule has 0 aliphatic rings. The molecule has 0 fully saturated rings. The fraction of sp³-hybridized carbons (Fsp3) is 0.294. The van der Waals surface area contributed by atoms with Gasteiger partial charge in [-0.1, -0.05) is 25.1 Å². The Morgan fingerprint density at radius 2 is 1.81 bits per heavy atom. The number of methoxy groups -OCH3 is 1. The predicted molar refractivity (Wildman–Crippen MR) is 92.2 cm³/mol. The van der Waals surface area contributed by atoms with Crippen LogP contribution in [-0.4, -0.2) is 13.7 Å². The summed E-state index contributed by atoms with van der Waals surface area (Å²) in [5.41, 5.74) is 2.04. The lowest BCUT2D eigenvalue weighted by molar-refractivity contribution is 0.385. The highest BCUT2D eigenvalue weighted by Gasteiger charge is 2.15. The van der Waals surface area contributed by atoms with E-state index in [0.717, 1.165) is 24.1 Å². The molecule has 1 atom stereocenters. The second-order valence-corrected chi connectivity index (χ2v) is 6.08. The molecule has 0 radical (unpaired) electrons. The van der Waals surface area contributed by atoms with Crippen LogP contribution in [0.2, 0.25) is 0 Å². The van der Waals surface area contributed by atoms with Crippen molar-refractivity contribution in [1.29, 1.82) is 0 Å². The third-order valence-corrected chi connectivity index (χ3v) is 4.03. The van der Waals surface area contributed by atoms with Crippen LogP contribution >= 0.6 is 22.6 Å². The maximum Gasteiger partial charge on any atom is 0.165 e. The van der Waals surface area contributed by atoms with Gasteiger partial charge in [0, 0.05) is 3.57 Å². The van der Waals surface area contributed by atoms with Gasteiger partial charge in [0.2, 0.25) is 0 Å². The molecule has 2 aromatic rings. The maximum absolute atomic E-state index is 14.0. The van der Waals surface area contributed by atoms with Crippen LogP contribution in [0.15, 0.2) is 42.5 Å². The molecule has 0 aromatic heterocycles. The van der Waals surface area contributed by atoms with E-state index < -0.39 is 0 Å². The van der Waals surface area contributed by atoms with E-state index in [1.807, 2.05) is 6.07 Å². The van der Waals surface area contributed by atoms with E-state index in [4.69, 9.17) is 4.74 Å². The second kappa shape index (κ2) is 7.75. The number of rotatable bonds is 6. The van der Waals surface area contributed by atoms with Gasteiger partial charge in [-0.2, -0.15) is 0 Å². The van der Waals surface area contributed by atoms with Gasteiger partial charge in [-0.25, -0.2) is 4.39 Å². The van der Waals surface area contributed by atoms with Crippen LogP contribution in [0.1, 0.15) is 30.5 Å². The molecule has 0 bridgehead atoms. The summed E-state index contributed by atoms with van der Waals surface area (Å²) in [4.78, 5) is 0. The van der Waals surface area contributed by atoms with E-state index in [1.54, 1.807) is 12.1 Å². The van der Waals surface area contributed by atoms with Crippen molar-refractivity contribution in [3.63, 3.8) is 0 Å². The van der Waals surface area contributed by atoms with E-state index >= 15 is 0 Å². The molecule has 0 aliphatic carbocycles. The monoisotopic (exact) mass is 399 g/mol. The quantitative estimate of drug-likeness (QED) is 0.721. The molecule has 0 aliphatic heterocycles. The molecule has 1 unspecified atom stereocenters. The van der Waals surface area contributed by atoms with Gasteiger partial charge < -0.3 is 10.1 Å². The summed E-state index contributed by atoms with van der Waals surface area (Å²) in [7, 11) is 1.48. The summed E-state index contributed by atoms with van der Waals surface area (Å²) >= 11 is 2.28. The molecule has 1 N–H and O–H groups in total. The summed E-state index contributed by atoms with van der Waals surface area (Å²) < 4.78 is 20.1. The van der Waals surface area contributed by atoms with Gasteiger partial charge in [0.15, 0.2) is 11.6 Å². The molecule has 4 heteroatoms. The largest absolute Gasteiger partial charge is 0.494 e. The van der Waals surface area contributed by atoms with Gasteiger partial charge >= 0.3 is 0 Å². The minimum Gasteiger partial charge on any atom is -0.494 e. The second-order valence-electron chi connectivity index (χ2n) is 4.83. The summed E-state index contributed by atoms with van der Waals surface area (Å²) in [6, 6.07) is 13.4. The molecule has 2 rings (SSSR count). The topological polar surface area (TPSA) is 21.3 Å². The van der Waals surface area contributed by atoms with Gasteiger partial charge in [0.25, 0.3) is 0 Å². The molecule has 2 aromatic carbocycles. The van der Waals surface area contributed by atoms with Crippen molar-refractivity contribution in [3.05, 3.63) is 63.0 Å². The average molecular weight is 399 g/mol. The number of benzene rings is 2. The number of hydrogen-bond acceptors (Lipinski definition) is 2. The third-order valence-electron chi connectivity index (χ3n) is 3.31. The Balaban J connectivity index is 2.35. The van der Waals surface area contributed by atoms with Crippen molar-refractivity contribution in [1.82, 2.24) is 5.32 Å². The summed E-state index contributed by atoms with van der Waals surface area (Å²) in [5, 5.41) is 3.48. The van der Waals surface area contributed by atoms with Crippen LogP contribution < -0.4 is 10.1 Å². The maximum atomic E-state index is 14.0. The van der Waals surface area contributed by atoms with Gasteiger partial charge in [-0.15, -0.1) is 0 Å². The molecule has 0 saturated heterocycles. The fourth-order valence-corrected chi connectivity index (χ4v) is 2.59. The zero-order valence-corrected chi connectivity index (χ0v) is 14.4. The van der Waals surface area contributed by atoms with Gasteiger partial charge in [0.05, 0.1) is 13.2 Å². The number of nitrogens with one attached hydrogen (secondary N) is 1. The number of ether oxygens (including phenoxy) is 1. The summed E-state index contributed by atoms with van der Waals surface area (Å²) in [6.45, 7) is 3.00. The first-order valence-corrected chi connectivity index (χ1v) is 8.06. The van der Waals surface area contributed by atoms with Crippen molar-refractivity contribution >= 4 is 22.6 Å². The normalized spacial score (nSPS) is 12.2. The van der Waals surface area contributed by atoms with E-state index in [1.165, 1.54) is 10.7 Å². The van der Waals surface area contributed by atoms with Crippen molar-refractivity contribution in [2.75, 3.05) is 13.7 Å². The Morgan fingerprint density at radius 1 is 1.14 bits per heavy atom. The third kappa shape index (κ3) is 4.17. The molecule has 0 spiro atoms. The Kier molecular flexibility index (Phi) is 5.99. The van der Waals surface area contributed by atoms with Crippen LogP contribution in [0.25, 0.3) is 0 Å². The lowest BCUT2D eigenvalue weighted by atomic mass is 9.98. The molecule has 0 amide bonds. The Morgan fingerprint density at radius 3 is 2.38 bits per heavy atom. The smallest absolute Gasteiger partial charge is 0.165 e. The SMILES string of the molecule is CCCNC(c1ccc(I)cc1)c1ccc(OC)c(F)c1. The Hall–Kier alpha value is -1.14. The Bertz CT molecular complexity index is 586. The van der Waals surface area contributed by atoms with Crippen LogP contribution in [0.5, 0.6) is 5.75 Å². The highest BCUT2D eigenvalue weighted by Crippen LogP contribution is 2.27. The predicted octanol–water partition coefficient (Wildman–Crippen LogP) is 4.53. The standard InChI is InChI=1S/C17H19FINO/c1-3-10-20-17(12-4-7-14(19)8-5-12)13-6-9-16(21-2)15(18)11-13/h4-9,11,17,20H,3,10H2,1-2H3. The first-order valence-electron chi connectivity index (χ1n) is 6.98. The summed E-state index contributed by atoms with van der Waals surface area (Å²) in [6.07, 6.45) is 1.03. The van der Waals surface area contributed by atoms with Crippen LogP contribution in [0, 0.1) is 9.39 Å². The highest BCUT2D eigenvalue weighted by atomic mass is 127. The van der Waals surface area contributed by atoms with Crippen LogP contribution in [0.4, 0.5) is 4.39 Å². The zero-order valence-electron chi connectivity index (χ0n) is 12.2. The first-order chi connectivity index (χ1) is 10.2. The van der Waals surface area contributed by atoms with Gasteiger partial charge in [-0.05, 0) is 70.9 Å². The number of hydrogen-bond donors (Lipinski definition) is 1. The van der Waals surface area contributed by atoms with Crippen LogP contribution in [0.3, 0.4) is 0 Å². The Labute approximate surface area is 138 Å². The summed E-state index contributed by atoms with van der Waals surface area (Å²) in [5.74, 6) is -0.0561. The molecule has 0 heterocycles. The fourth-order valence-electron chi connectivity index (χ4n) is 2.23. The molecule has 21 heavy (non-hydrogen) atoms. The van der Waals surface area contributed by atoms with Crippen molar-refractivity contribution in [2.24, 2.45) is 0 Å². The molecular formula is C17H19FINO. The minimum absolute atomic E-state index is 0.0117. The molecule has 112 valence electrons. The van der Waals surface area contributed by atoms with Gasteiger partial charge in [-0.3, -0.25) is 0 Å². The lowest BCUT2D eigenvalue weighted by Crippen LogP contribution is -2.23. The van der Waals surface area contributed by atoms with E-state index in [9.17, 15) is 4.39 Å². The van der Waals surface area contributed by atoms with Crippen molar-refractivity contribution in [2.45, 2.75) is 19.4 Å². The van der Waals surface area contributed by atoms with Gasteiger partial charge in [0.1, 0.15) is 0 Å². The van der Waals surface area contributed by atoms with Crippen molar-refractivity contribution in [3.8, 4) is 5.75 Å². The van der Waals surface area contributed by atoms with E-state index in [0.29, 0.717) is 0 Å². The van der Waals surface area contributed by atoms with E-state index in [2.05, 4.69) is 59.1 Å². The lowest BCUT2D eigenvalue weighted by Gasteiger charge is -2.20. The molecule has 0 saturated carbocycles. The molecular weight excluding hydrogens is 380 g/mol. The van der Waals surface area contributed by atoms with Crippen LogP contribution in [-0.2, 0) is 0 Å².